The molecule has 7 heteroatoms. The SMILES string of the molecule is CC(C)c1cnn(C(C)C(NC(=O)OC(C)(C)C)C(=O)O)c1. The van der Waals surface area contributed by atoms with Gasteiger partial charge in [0, 0.05) is 6.20 Å². The minimum atomic E-state index is -1.14. The Kier molecular flexibility index (Phi) is 5.57. The molecule has 0 aliphatic rings. The van der Waals surface area contributed by atoms with Crippen LogP contribution in [0.15, 0.2) is 12.4 Å². The maximum absolute atomic E-state index is 11.8. The molecule has 0 fully saturated rings. The van der Waals surface area contributed by atoms with Crippen LogP contribution in [0.2, 0.25) is 0 Å². The number of rotatable bonds is 5. The summed E-state index contributed by atoms with van der Waals surface area (Å²) in [5.41, 5.74) is 0.320. The van der Waals surface area contributed by atoms with E-state index in [1.54, 1.807) is 44.8 Å². The Labute approximate surface area is 130 Å². The summed E-state index contributed by atoms with van der Waals surface area (Å²) < 4.78 is 6.65. The van der Waals surface area contributed by atoms with Gasteiger partial charge in [0.2, 0.25) is 0 Å². The van der Waals surface area contributed by atoms with Crippen molar-refractivity contribution in [2.24, 2.45) is 0 Å². The zero-order valence-corrected chi connectivity index (χ0v) is 14.0. The molecule has 0 aromatic carbocycles. The van der Waals surface area contributed by atoms with Crippen molar-refractivity contribution in [3.8, 4) is 0 Å². The van der Waals surface area contributed by atoms with E-state index in [1.165, 1.54) is 0 Å². The second-order valence-corrected chi connectivity index (χ2v) is 6.61. The van der Waals surface area contributed by atoms with Crippen molar-refractivity contribution in [1.82, 2.24) is 15.1 Å². The molecule has 7 nitrogen and oxygen atoms in total. The number of carbonyl (C=O) groups is 2. The summed E-state index contributed by atoms with van der Waals surface area (Å²) in [4.78, 5) is 23.2. The minimum Gasteiger partial charge on any atom is -0.480 e. The number of hydrogen-bond donors (Lipinski definition) is 2. The van der Waals surface area contributed by atoms with Crippen LogP contribution in [0.25, 0.3) is 0 Å². The zero-order chi connectivity index (χ0) is 17.1. The highest BCUT2D eigenvalue weighted by Gasteiger charge is 2.30. The lowest BCUT2D eigenvalue weighted by Crippen LogP contribution is -2.47. The molecule has 2 N–H and O–H groups in total. The summed E-state index contributed by atoms with van der Waals surface area (Å²) in [5, 5.41) is 15.9. The number of hydrogen-bond acceptors (Lipinski definition) is 4. The van der Waals surface area contributed by atoms with Gasteiger partial charge in [-0.05, 0) is 39.2 Å². The fraction of sp³-hybridized carbons (Fsp3) is 0.667. The second-order valence-electron chi connectivity index (χ2n) is 6.61. The summed E-state index contributed by atoms with van der Waals surface area (Å²) in [6.07, 6.45) is 2.73. The van der Waals surface area contributed by atoms with E-state index < -0.39 is 29.7 Å². The number of nitrogens with one attached hydrogen (secondary N) is 1. The number of alkyl carbamates (subject to hydrolysis) is 1. The third-order valence-electron chi connectivity index (χ3n) is 3.13. The number of amides is 1. The minimum absolute atomic E-state index is 0.294. The average Bonchev–Trinajstić information content (AvgIpc) is 2.82. The molecule has 0 spiro atoms. The number of aliphatic carboxylic acids is 1. The summed E-state index contributed by atoms with van der Waals surface area (Å²) >= 11 is 0. The van der Waals surface area contributed by atoms with Crippen LogP contribution in [-0.4, -0.2) is 38.6 Å². The molecule has 2 atom stereocenters. The van der Waals surface area contributed by atoms with Crippen molar-refractivity contribution in [2.75, 3.05) is 0 Å². The van der Waals surface area contributed by atoms with E-state index in [9.17, 15) is 14.7 Å². The molecule has 2 unspecified atom stereocenters. The lowest BCUT2D eigenvalue weighted by molar-refractivity contribution is -0.140. The third-order valence-corrected chi connectivity index (χ3v) is 3.13. The fourth-order valence-corrected chi connectivity index (χ4v) is 1.85. The highest BCUT2D eigenvalue weighted by atomic mass is 16.6. The maximum atomic E-state index is 11.8. The molecule has 22 heavy (non-hydrogen) atoms. The molecule has 1 heterocycles. The monoisotopic (exact) mass is 311 g/mol. The molecule has 1 aromatic heterocycles. The number of nitrogens with zero attached hydrogens (tertiary/aromatic N) is 2. The molecule has 1 amide bonds. The van der Waals surface area contributed by atoms with Gasteiger partial charge in [-0.1, -0.05) is 13.8 Å². The third kappa shape index (κ3) is 5.05. The lowest BCUT2D eigenvalue weighted by atomic mass is 10.1. The second kappa shape index (κ2) is 6.81. The first-order valence-corrected chi connectivity index (χ1v) is 7.27. The quantitative estimate of drug-likeness (QED) is 0.871. The first-order chi connectivity index (χ1) is 10.0. The van der Waals surface area contributed by atoms with E-state index in [0.717, 1.165) is 5.56 Å². The largest absolute Gasteiger partial charge is 0.480 e. The van der Waals surface area contributed by atoms with Crippen molar-refractivity contribution in [1.29, 1.82) is 0 Å². The van der Waals surface area contributed by atoms with E-state index in [0.29, 0.717) is 5.92 Å². The molecular weight excluding hydrogens is 286 g/mol. The Morgan fingerprint density at radius 1 is 1.32 bits per heavy atom. The molecule has 0 saturated carbocycles. The van der Waals surface area contributed by atoms with Gasteiger partial charge < -0.3 is 15.2 Å². The van der Waals surface area contributed by atoms with Crippen LogP contribution in [0, 0.1) is 0 Å². The Balaban J connectivity index is 2.85. The van der Waals surface area contributed by atoms with Crippen molar-refractivity contribution in [2.45, 2.75) is 65.1 Å². The summed E-state index contributed by atoms with van der Waals surface area (Å²) in [5.74, 6) is -0.844. The number of carboxylic acids is 1. The van der Waals surface area contributed by atoms with Crippen molar-refractivity contribution in [3.63, 3.8) is 0 Å². The lowest BCUT2D eigenvalue weighted by Gasteiger charge is -2.25. The molecular formula is C15H25N3O4. The topological polar surface area (TPSA) is 93.5 Å². The zero-order valence-electron chi connectivity index (χ0n) is 14.0. The van der Waals surface area contributed by atoms with Gasteiger partial charge in [0.15, 0.2) is 6.04 Å². The number of carboxylic acid groups (broad SMARTS) is 1. The number of carbonyl (C=O) groups excluding carboxylic acids is 1. The Morgan fingerprint density at radius 2 is 1.91 bits per heavy atom. The highest BCUT2D eigenvalue weighted by Crippen LogP contribution is 2.18. The Bertz CT molecular complexity index is 531. The van der Waals surface area contributed by atoms with Crippen LogP contribution in [0.3, 0.4) is 0 Å². The molecule has 0 aliphatic heterocycles. The van der Waals surface area contributed by atoms with Crippen molar-refractivity contribution >= 4 is 12.1 Å². The Morgan fingerprint density at radius 3 is 2.32 bits per heavy atom. The van der Waals surface area contributed by atoms with Gasteiger partial charge in [0.25, 0.3) is 0 Å². The van der Waals surface area contributed by atoms with Gasteiger partial charge in [0.05, 0.1) is 12.2 Å². The molecule has 0 bridgehead atoms. The van der Waals surface area contributed by atoms with E-state index in [-0.39, 0.29) is 0 Å². The van der Waals surface area contributed by atoms with Gasteiger partial charge in [-0.25, -0.2) is 9.59 Å². The maximum Gasteiger partial charge on any atom is 0.408 e. The van der Waals surface area contributed by atoms with Gasteiger partial charge >= 0.3 is 12.1 Å². The number of aromatic nitrogens is 2. The smallest absolute Gasteiger partial charge is 0.408 e. The summed E-state index contributed by atoms with van der Waals surface area (Å²) in [6, 6.07) is -1.67. The molecule has 1 rings (SSSR count). The van der Waals surface area contributed by atoms with Crippen molar-refractivity contribution in [3.05, 3.63) is 18.0 Å². The normalized spacial score (nSPS) is 14.5. The van der Waals surface area contributed by atoms with Gasteiger partial charge in [0.1, 0.15) is 5.60 Å². The molecule has 1 aromatic rings. The van der Waals surface area contributed by atoms with Crippen LogP contribution >= 0.6 is 0 Å². The average molecular weight is 311 g/mol. The van der Waals surface area contributed by atoms with Crippen LogP contribution in [0.5, 0.6) is 0 Å². The van der Waals surface area contributed by atoms with Crippen LogP contribution < -0.4 is 5.32 Å². The number of ether oxygens (including phenoxy) is 1. The van der Waals surface area contributed by atoms with Crippen molar-refractivity contribution < 1.29 is 19.4 Å². The van der Waals surface area contributed by atoms with Gasteiger partial charge in [-0.2, -0.15) is 5.10 Å². The Hall–Kier alpha value is -2.05. The van der Waals surface area contributed by atoms with Crippen LogP contribution in [0.1, 0.15) is 59.1 Å². The molecule has 124 valence electrons. The van der Waals surface area contributed by atoms with E-state index >= 15 is 0 Å². The van der Waals surface area contributed by atoms with Gasteiger partial charge in [-0.3, -0.25) is 4.68 Å². The van der Waals surface area contributed by atoms with Crippen LogP contribution in [0.4, 0.5) is 4.79 Å². The first-order valence-electron chi connectivity index (χ1n) is 7.27. The predicted octanol–water partition coefficient (Wildman–Crippen LogP) is 2.55. The standard InChI is InChI=1S/C15H25N3O4/c1-9(2)11-7-16-18(8-11)10(3)12(13(19)20)17-14(21)22-15(4,5)6/h7-10,12H,1-6H3,(H,17,21)(H,19,20). The molecule has 0 radical (unpaired) electrons. The fourth-order valence-electron chi connectivity index (χ4n) is 1.85. The van der Waals surface area contributed by atoms with E-state index in [2.05, 4.69) is 10.4 Å². The van der Waals surface area contributed by atoms with E-state index in [1.807, 2.05) is 13.8 Å². The van der Waals surface area contributed by atoms with E-state index in [4.69, 9.17) is 4.74 Å². The highest BCUT2D eigenvalue weighted by molar-refractivity contribution is 5.80. The summed E-state index contributed by atoms with van der Waals surface area (Å²) in [6.45, 7) is 10.9. The first kappa shape index (κ1) is 18.0. The molecule has 0 saturated heterocycles. The predicted molar refractivity (Wildman–Crippen MR) is 81.8 cm³/mol. The summed E-state index contributed by atoms with van der Waals surface area (Å²) in [7, 11) is 0. The van der Waals surface area contributed by atoms with Gasteiger partial charge in [-0.15, -0.1) is 0 Å². The molecule has 0 aliphatic carbocycles. The van der Waals surface area contributed by atoms with Crippen LogP contribution in [-0.2, 0) is 9.53 Å².